The number of nitrogens with zero attached hydrogens (tertiary/aromatic N) is 3. The lowest BCUT2D eigenvalue weighted by Crippen LogP contribution is -2.50. The van der Waals surface area contributed by atoms with E-state index in [0.29, 0.717) is 52.5 Å². The van der Waals surface area contributed by atoms with Crippen LogP contribution in [0.15, 0.2) is 48.6 Å². The maximum atomic E-state index is 13.4. The minimum absolute atomic E-state index is 0.303. The van der Waals surface area contributed by atoms with Crippen LogP contribution in [-0.4, -0.2) is 93.0 Å². The summed E-state index contributed by atoms with van der Waals surface area (Å²) in [5.41, 5.74) is 7.59. The van der Waals surface area contributed by atoms with Crippen LogP contribution in [0.2, 0.25) is 0 Å². The summed E-state index contributed by atoms with van der Waals surface area (Å²) in [6.07, 6.45) is 7.35. The molecule has 1 aliphatic carbocycles. The quantitative estimate of drug-likeness (QED) is 0.136. The molecule has 0 unspecified atom stereocenters. The lowest BCUT2D eigenvalue weighted by atomic mass is 9.83. The number of pyridine rings is 2. The number of ether oxygens (including phenoxy) is 3. The highest BCUT2D eigenvalue weighted by atomic mass is 16.5. The number of allylic oxidation sites excluding steroid dienone is 2. The van der Waals surface area contributed by atoms with Gasteiger partial charge >= 0.3 is 18.0 Å². The van der Waals surface area contributed by atoms with E-state index in [1.54, 1.807) is 21.0 Å². The molecule has 5 rings (SSSR count). The molecule has 0 spiro atoms. The number of rotatable bonds is 11. The van der Waals surface area contributed by atoms with Crippen molar-refractivity contribution < 1.29 is 33.1 Å². The van der Waals surface area contributed by atoms with E-state index in [1.165, 1.54) is 19.8 Å². The number of aryl methyl sites for hydroxylation is 4. The number of methoxy groups -OCH3 is 3. The van der Waals surface area contributed by atoms with E-state index in [9.17, 15) is 14.4 Å². The van der Waals surface area contributed by atoms with Gasteiger partial charge in [-0.3, -0.25) is 9.97 Å². The van der Waals surface area contributed by atoms with Gasteiger partial charge in [-0.25, -0.2) is 14.4 Å². The van der Waals surface area contributed by atoms with Crippen molar-refractivity contribution in [2.75, 3.05) is 54.6 Å². The molecule has 52 heavy (non-hydrogen) atoms. The third-order valence-electron chi connectivity index (χ3n) is 10.3. The van der Waals surface area contributed by atoms with Crippen LogP contribution in [0.3, 0.4) is 0 Å². The number of carbonyl (C=O) groups is 3. The Bertz CT molecular complexity index is 1800. The van der Waals surface area contributed by atoms with Gasteiger partial charge in [0.1, 0.15) is 5.75 Å². The van der Waals surface area contributed by atoms with E-state index in [2.05, 4.69) is 45.8 Å². The number of hydrogen-bond donors (Lipinski definition) is 2. The molecule has 3 heterocycles. The van der Waals surface area contributed by atoms with Gasteiger partial charge in [0.15, 0.2) is 0 Å². The summed E-state index contributed by atoms with van der Waals surface area (Å²) in [5.74, 6) is 0.444. The molecule has 3 aromatic rings. The average Bonchev–Trinajstić information content (AvgIpc) is 3.12. The minimum atomic E-state index is -0.544. The zero-order valence-electron chi connectivity index (χ0n) is 31.7. The summed E-state index contributed by atoms with van der Waals surface area (Å²) in [7, 11) is 6.70. The number of esters is 2. The molecule has 1 fully saturated rings. The summed E-state index contributed by atoms with van der Waals surface area (Å²) in [6, 6.07) is 11.3. The fraction of sp³-hybridized carbons (Fsp3) is 0.439. The van der Waals surface area contributed by atoms with E-state index in [4.69, 9.17) is 14.2 Å². The van der Waals surface area contributed by atoms with Crippen LogP contribution >= 0.6 is 0 Å². The van der Waals surface area contributed by atoms with E-state index >= 15 is 0 Å². The van der Waals surface area contributed by atoms with Crippen LogP contribution in [0.5, 0.6) is 5.75 Å². The smallest absolute Gasteiger partial charge is 0.340 e. The molecule has 11 nitrogen and oxygen atoms in total. The summed E-state index contributed by atoms with van der Waals surface area (Å²) >= 11 is 0. The predicted octanol–water partition coefficient (Wildman–Crippen LogP) is 6.24. The third-order valence-corrected chi connectivity index (χ3v) is 10.3. The molecule has 1 aromatic carbocycles. The van der Waals surface area contributed by atoms with E-state index < -0.39 is 18.0 Å². The summed E-state index contributed by atoms with van der Waals surface area (Å²) < 4.78 is 16.7. The number of amides is 2. The van der Waals surface area contributed by atoms with E-state index in [-0.39, 0.29) is 6.03 Å². The van der Waals surface area contributed by atoms with Crippen LogP contribution in [0, 0.1) is 27.7 Å². The topological polar surface area (TPSA) is 129 Å². The van der Waals surface area contributed by atoms with Crippen molar-refractivity contribution in [3.8, 4) is 5.75 Å². The zero-order valence-corrected chi connectivity index (χ0v) is 31.7. The van der Waals surface area contributed by atoms with Crippen molar-refractivity contribution in [3.63, 3.8) is 0 Å². The third kappa shape index (κ3) is 8.88. The molecule has 0 radical (unpaired) electrons. The first-order valence-corrected chi connectivity index (χ1v) is 17.9. The Morgan fingerprint density at radius 1 is 0.827 bits per heavy atom. The van der Waals surface area contributed by atoms with Crippen molar-refractivity contribution in [2.45, 2.75) is 65.3 Å². The van der Waals surface area contributed by atoms with Gasteiger partial charge in [-0.15, -0.1) is 0 Å². The summed E-state index contributed by atoms with van der Waals surface area (Å²) in [4.78, 5) is 48.5. The second kappa shape index (κ2) is 16.5. The number of urea groups is 1. The number of nitrogens with one attached hydrogen (secondary N) is 2. The lowest BCUT2D eigenvalue weighted by molar-refractivity contribution is -0.914. The van der Waals surface area contributed by atoms with Crippen molar-refractivity contribution in [2.24, 2.45) is 0 Å². The number of quaternary nitrogens is 1. The summed E-state index contributed by atoms with van der Waals surface area (Å²) in [5, 5.41) is 6.16. The number of aromatic nitrogens is 2. The molecule has 2 aromatic heterocycles. The molecule has 1 saturated heterocycles. The Morgan fingerprint density at radius 2 is 1.38 bits per heavy atom. The van der Waals surface area contributed by atoms with Gasteiger partial charge in [0.05, 0.1) is 76.6 Å². The van der Waals surface area contributed by atoms with Gasteiger partial charge in [-0.05, 0) is 92.1 Å². The lowest BCUT2D eigenvalue weighted by Gasteiger charge is -2.41. The highest BCUT2D eigenvalue weighted by Crippen LogP contribution is 2.38. The number of hydrogen-bond acceptors (Lipinski definition) is 8. The molecule has 2 amide bonds. The van der Waals surface area contributed by atoms with Gasteiger partial charge in [0, 0.05) is 37.2 Å². The maximum Gasteiger partial charge on any atom is 0.340 e. The molecule has 276 valence electrons. The Labute approximate surface area is 307 Å². The molecular formula is C41H52N5O6+. The van der Waals surface area contributed by atoms with Crippen LogP contribution < -0.4 is 15.4 Å². The second-order valence-corrected chi connectivity index (χ2v) is 14.2. The van der Waals surface area contributed by atoms with Crippen LogP contribution in [-0.2, 0) is 9.47 Å². The van der Waals surface area contributed by atoms with Crippen molar-refractivity contribution in [1.29, 1.82) is 0 Å². The van der Waals surface area contributed by atoms with Crippen LogP contribution in [0.4, 0.5) is 4.79 Å². The second-order valence-electron chi connectivity index (χ2n) is 14.2. The number of likely N-dealkylation sites (tertiary alicyclic amines) is 1. The van der Waals surface area contributed by atoms with Crippen LogP contribution in [0.25, 0.3) is 11.1 Å². The fourth-order valence-corrected chi connectivity index (χ4v) is 7.65. The number of piperidine rings is 1. The van der Waals surface area contributed by atoms with Crippen molar-refractivity contribution >= 4 is 29.1 Å². The normalized spacial score (nSPS) is 18.9. The molecular weight excluding hydrogens is 658 g/mol. The Morgan fingerprint density at radius 3 is 1.90 bits per heavy atom. The van der Waals surface area contributed by atoms with E-state index in [0.717, 1.165) is 71.7 Å². The highest BCUT2D eigenvalue weighted by Gasteiger charge is 2.31. The predicted molar refractivity (Wildman–Crippen MR) is 201 cm³/mol. The molecule has 1 aliphatic heterocycles. The number of benzene rings is 1. The summed E-state index contributed by atoms with van der Waals surface area (Å²) in [6.45, 7) is 11.0. The first kappa shape index (κ1) is 38.2. The Balaban J connectivity index is 1.32. The SMILES string of the molecule is COC(=O)c1c(C2=CC(NC(=O)NCCC[N+]3(C)CCC(c4cccc(OC)c4)CC3)C=C(c3cc(C)nc(C)c3C(=O)OC)C2)cc(C)nc1C. The Kier molecular flexibility index (Phi) is 12.2. The van der Waals surface area contributed by atoms with Crippen LogP contribution in [0.1, 0.15) is 91.8 Å². The standard InChI is InChI=1S/C41H51N5O6/c1-25-19-35(37(27(3)43-25)39(47)51-7)31-21-32(36-20-26(2)44-28(4)38(36)40(48)52-8)23-33(22-31)45-41(49)42-15-10-16-46(5)17-13-29(14-18-46)30-11-9-12-34(24-30)50-6/h9,11-12,19-20,22-24,29,33H,10,13-18,21H2,1-8H3,(H-,42,45,49)/p+1. The molecule has 0 atom stereocenters. The minimum Gasteiger partial charge on any atom is -0.497 e. The monoisotopic (exact) mass is 710 g/mol. The molecule has 2 aliphatic rings. The largest absolute Gasteiger partial charge is 0.497 e. The highest BCUT2D eigenvalue weighted by molar-refractivity contribution is 6.01. The number of carbonyl (C=O) groups excluding carboxylic acids is 3. The molecule has 0 saturated carbocycles. The van der Waals surface area contributed by atoms with Gasteiger partial charge in [0.25, 0.3) is 0 Å². The first-order chi connectivity index (χ1) is 24.8. The van der Waals surface area contributed by atoms with Crippen molar-refractivity contribution in [3.05, 3.63) is 99.1 Å². The van der Waals surface area contributed by atoms with Gasteiger partial charge in [-0.1, -0.05) is 24.3 Å². The first-order valence-electron chi connectivity index (χ1n) is 17.9. The van der Waals surface area contributed by atoms with E-state index in [1.807, 2.05) is 44.2 Å². The molecule has 0 bridgehead atoms. The zero-order chi connectivity index (χ0) is 37.6. The molecule has 2 N–H and O–H groups in total. The maximum absolute atomic E-state index is 13.4. The van der Waals surface area contributed by atoms with Gasteiger partial charge in [-0.2, -0.15) is 0 Å². The Hall–Kier alpha value is -5.03. The molecule has 11 heteroatoms. The van der Waals surface area contributed by atoms with Gasteiger partial charge in [0.2, 0.25) is 0 Å². The fourth-order valence-electron chi connectivity index (χ4n) is 7.65. The van der Waals surface area contributed by atoms with Crippen molar-refractivity contribution in [1.82, 2.24) is 20.6 Å². The average molecular weight is 711 g/mol. The van der Waals surface area contributed by atoms with Gasteiger partial charge < -0.3 is 29.3 Å².